The minimum absolute atomic E-state index is 0.405. The number of rotatable bonds is 7. The van der Waals surface area contributed by atoms with Gasteiger partial charge in [-0.2, -0.15) is 0 Å². The Morgan fingerprint density at radius 1 is 1.19 bits per heavy atom. The number of ether oxygens (including phenoxy) is 1. The Kier molecular flexibility index (Phi) is 6.91. The van der Waals surface area contributed by atoms with Crippen molar-refractivity contribution in [2.24, 2.45) is 4.99 Å². The highest BCUT2D eigenvalue weighted by Gasteiger charge is 2.24. The summed E-state index contributed by atoms with van der Waals surface area (Å²) in [4.78, 5) is 8.37. The number of aliphatic imine (C=N–C) groups is 1. The van der Waals surface area contributed by atoms with E-state index in [1.165, 1.54) is 30.8 Å². The van der Waals surface area contributed by atoms with Crippen molar-refractivity contribution >= 4 is 17.3 Å². The lowest BCUT2D eigenvalue weighted by atomic mass is 10.2. The molecule has 6 heteroatoms. The maximum Gasteiger partial charge on any atom is 0.191 e. The van der Waals surface area contributed by atoms with Gasteiger partial charge in [-0.1, -0.05) is 24.3 Å². The van der Waals surface area contributed by atoms with E-state index in [4.69, 9.17) is 4.74 Å². The number of methoxy groups -OCH3 is 1. The number of para-hydroxylation sites is 1. The fraction of sp³-hybridized carbons (Fsp3) is 0.450. The normalized spacial score (nSPS) is 16.5. The van der Waals surface area contributed by atoms with Crippen LogP contribution in [-0.4, -0.2) is 44.7 Å². The Hall–Kier alpha value is -2.05. The molecule has 1 unspecified atom stereocenters. The Balaban J connectivity index is 1.58. The van der Waals surface area contributed by atoms with Gasteiger partial charge >= 0.3 is 0 Å². The molecule has 0 spiro atoms. The minimum Gasteiger partial charge on any atom is -0.496 e. The zero-order valence-electron chi connectivity index (χ0n) is 15.6. The molecule has 0 aliphatic carbocycles. The molecule has 1 aromatic heterocycles. The fourth-order valence-corrected chi connectivity index (χ4v) is 4.25. The Bertz CT molecular complexity index is 696. The molecule has 2 N–H and O–H groups in total. The molecular formula is C20H28N4OS. The molecule has 3 rings (SSSR count). The first-order chi connectivity index (χ1) is 12.8. The maximum atomic E-state index is 5.42. The van der Waals surface area contributed by atoms with Crippen LogP contribution < -0.4 is 15.4 Å². The maximum absolute atomic E-state index is 5.42. The second kappa shape index (κ2) is 9.59. The minimum atomic E-state index is 0.405. The van der Waals surface area contributed by atoms with E-state index in [-0.39, 0.29) is 0 Å². The lowest BCUT2D eigenvalue weighted by molar-refractivity contribution is 0.249. The summed E-state index contributed by atoms with van der Waals surface area (Å²) in [5.41, 5.74) is 1.12. The van der Waals surface area contributed by atoms with Crippen molar-refractivity contribution in [2.75, 3.05) is 33.8 Å². The van der Waals surface area contributed by atoms with Gasteiger partial charge in [0.05, 0.1) is 13.2 Å². The summed E-state index contributed by atoms with van der Waals surface area (Å²) in [7, 11) is 3.52. The molecule has 1 fully saturated rings. The molecule has 1 aromatic carbocycles. The van der Waals surface area contributed by atoms with Crippen LogP contribution in [0.4, 0.5) is 0 Å². The van der Waals surface area contributed by atoms with Crippen molar-refractivity contribution < 1.29 is 4.74 Å². The molecule has 1 aliphatic heterocycles. The van der Waals surface area contributed by atoms with Crippen LogP contribution in [0.2, 0.25) is 0 Å². The van der Waals surface area contributed by atoms with Crippen molar-refractivity contribution in [3.05, 3.63) is 52.2 Å². The first-order valence-corrected chi connectivity index (χ1v) is 10.0. The van der Waals surface area contributed by atoms with Gasteiger partial charge in [0, 0.05) is 30.6 Å². The van der Waals surface area contributed by atoms with Crippen molar-refractivity contribution in [2.45, 2.75) is 25.4 Å². The summed E-state index contributed by atoms with van der Waals surface area (Å²) in [6.07, 6.45) is 2.59. The predicted octanol–water partition coefficient (Wildman–Crippen LogP) is 3.26. The summed E-state index contributed by atoms with van der Waals surface area (Å²) in [5, 5.41) is 9.06. The van der Waals surface area contributed by atoms with Gasteiger partial charge in [-0.15, -0.1) is 11.3 Å². The van der Waals surface area contributed by atoms with Gasteiger partial charge in [0.25, 0.3) is 0 Å². The first-order valence-electron chi connectivity index (χ1n) is 9.15. The van der Waals surface area contributed by atoms with Gasteiger partial charge in [-0.25, -0.2) is 0 Å². The van der Waals surface area contributed by atoms with Crippen LogP contribution in [0.1, 0.15) is 29.3 Å². The standard InChI is InChI=1S/C20H28N4OS/c1-21-20(22-14-16-8-3-4-9-18(16)25-2)23-15-17(19-10-7-13-26-19)24-11-5-6-12-24/h3-4,7-10,13,17H,5-6,11-12,14-15H2,1-2H3,(H2,21,22,23). The molecule has 1 aliphatic rings. The largest absolute Gasteiger partial charge is 0.496 e. The molecule has 2 heterocycles. The molecule has 0 radical (unpaired) electrons. The van der Waals surface area contributed by atoms with E-state index in [9.17, 15) is 0 Å². The molecule has 1 saturated heterocycles. The van der Waals surface area contributed by atoms with Crippen LogP contribution in [0.25, 0.3) is 0 Å². The Morgan fingerprint density at radius 3 is 2.69 bits per heavy atom. The summed E-state index contributed by atoms with van der Waals surface area (Å²) in [6, 6.07) is 12.8. The summed E-state index contributed by atoms with van der Waals surface area (Å²) < 4.78 is 5.42. The number of likely N-dealkylation sites (tertiary alicyclic amines) is 1. The highest BCUT2D eigenvalue weighted by atomic mass is 32.1. The highest BCUT2D eigenvalue weighted by molar-refractivity contribution is 7.10. The zero-order chi connectivity index (χ0) is 18.2. The third kappa shape index (κ3) is 4.77. The van der Waals surface area contributed by atoms with E-state index in [0.29, 0.717) is 12.6 Å². The van der Waals surface area contributed by atoms with Crippen molar-refractivity contribution in [1.29, 1.82) is 0 Å². The lowest BCUT2D eigenvalue weighted by Gasteiger charge is -2.27. The number of hydrogen-bond donors (Lipinski definition) is 2. The zero-order valence-corrected chi connectivity index (χ0v) is 16.4. The van der Waals surface area contributed by atoms with E-state index >= 15 is 0 Å². The van der Waals surface area contributed by atoms with Gasteiger partial charge in [-0.3, -0.25) is 9.89 Å². The quantitative estimate of drug-likeness (QED) is 0.579. The molecule has 0 bridgehead atoms. The predicted molar refractivity (Wildman–Crippen MR) is 109 cm³/mol. The molecule has 0 amide bonds. The molecule has 5 nitrogen and oxygen atoms in total. The van der Waals surface area contributed by atoms with Gasteiger partial charge < -0.3 is 15.4 Å². The summed E-state index contributed by atoms with van der Waals surface area (Å²) >= 11 is 1.83. The Morgan fingerprint density at radius 2 is 2.00 bits per heavy atom. The molecule has 26 heavy (non-hydrogen) atoms. The summed E-state index contributed by atoms with van der Waals surface area (Å²) in [5.74, 6) is 1.71. The van der Waals surface area contributed by atoms with Crippen LogP contribution in [0, 0.1) is 0 Å². The molecule has 2 aromatic rings. The van der Waals surface area contributed by atoms with Gasteiger partial charge in [0.15, 0.2) is 5.96 Å². The van der Waals surface area contributed by atoms with E-state index in [0.717, 1.165) is 23.8 Å². The highest BCUT2D eigenvalue weighted by Crippen LogP contribution is 2.27. The number of benzene rings is 1. The first kappa shape index (κ1) is 18.7. The average Bonchev–Trinajstić information content (AvgIpc) is 3.39. The molecule has 0 saturated carbocycles. The fourth-order valence-electron chi connectivity index (χ4n) is 3.39. The topological polar surface area (TPSA) is 48.9 Å². The van der Waals surface area contributed by atoms with E-state index in [1.807, 2.05) is 36.6 Å². The number of hydrogen-bond acceptors (Lipinski definition) is 4. The van der Waals surface area contributed by atoms with Crippen LogP contribution >= 0.6 is 11.3 Å². The number of nitrogens with one attached hydrogen (secondary N) is 2. The Labute approximate surface area is 160 Å². The number of thiophene rings is 1. The van der Waals surface area contributed by atoms with Crippen LogP contribution in [0.15, 0.2) is 46.8 Å². The van der Waals surface area contributed by atoms with Gasteiger partial charge in [-0.05, 0) is 43.4 Å². The molecule has 140 valence electrons. The van der Waals surface area contributed by atoms with Gasteiger partial charge in [0.2, 0.25) is 0 Å². The van der Waals surface area contributed by atoms with E-state index in [2.05, 4.69) is 44.1 Å². The SMILES string of the molecule is CN=C(NCc1ccccc1OC)NCC(c1cccs1)N1CCCC1. The van der Waals surface area contributed by atoms with Crippen LogP contribution in [-0.2, 0) is 6.54 Å². The van der Waals surface area contributed by atoms with Crippen molar-refractivity contribution in [1.82, 2.24) is 15.5 Å². The van der Waals surface area contributed by atoms with Crippen LogP contribution in [0.3, 0.4) is 0 Å². The smallest absolute Gasteiger partial charge is 0.191 e. The molecule has 1 atom stereocenters. The lowest BCUT2D eigenvalue weighted by Crippen LogP contribution is -2.42. The number of nitrogens with zero attached hydrogens (tertiary/aromatic N) is 2. The average molecular weight is 373 g/mol. The monoisotopic (exact) mass is 372 g/mol. The summed E-state index contributed by atoms with van der Waals surface area (Å²) in [6.45, 7) is 3.89. The van der Waals surface area contributed by atoms with Gasteiger partial charge in [0.1, 0.15) is 5.75 Å². The van der Waals surface area contributed by atoms with Crippen molar-refractivity contribution in [3.63, 3.8) is 0 Å². The van der Waals surface area contributed by atoms with Crippen LogP contribution in [0.5, 0.6) is 5.75 Å². The second-order valence-electron chi connectivity index (χ2n) is 6.39. The number of guanidine groups is 1. The van der Waals surface area contributed by atoms with Crippen molar-refractivity contribution in [3.8, 4) is 5.75 Å². The molecular weight excluding hydrogens is 344 g/mol. The van der Waals surface area contributed by atoms with E-state index < -0.39 is 0 Å². The third-order valence-electron chi connectivity index (χ3n) is 4.78. The van der Waals surface area contributed by atoms with E-state index in [1.54, 1.807) is 7.11 Å². The second-order valence-corrected chi connectivity index (χ2v) is 7.37. The third-order valence-corrected chi connectivity index (χ3v) is 5.75.